The fourth-order valence-electron chi connectivity index (χ4n) is 5.22. The van der Waals surface area contributed by atoms with Crippen LogP contribution in [0.25, 0.3) is 0 Å². The smallest absolute Gasteiger partial charge is 0.417 e. The van der Waals surface area contributed by atoms with Gasteiger partial charge < -0.3 is 20.1 Å². The largest absolute Gasteiger partial charge is 0.481 e. The number of carbonyl (C=O) groups is 4. The molecule has 3 amide bonds. The number of aliphatic carboxylic acids is 1. The molecule has 9 heteroatoms. The molecule has 2 unspecified atom stereocenters. The van der Waals surface area contributed by atoms with E-state index in [4.69, 9.17) is 4.74 Å². The van der Waals surface area contributed by atoms with Crippen molar-refractivity contribution in [1.82, 2.24) is 15.1 Å². The van der Waals surface area contributed by atoms with Crippen LogP contribution >= 0.6 is 0 Å². The van der Waals surface area contributed by atoms with Gasteiger partial charge in [0.15, 0.2) is 6.17 Å². The van der Waals surface area contributed by atoms with E-state index < -0.39 is 30.2 Å². The lowest BCUT2D eigenvalue weighted by atomic mass is 9.82. The molecule has 4 rings (SSSR count). The molecule has 2 aromatic rings. The van der Waals surface area contributed by atoms with Crippen LogP contribution in [-0.2, 0) is 9.59 Å². The van der Waals surface area contributed by atoms with Gasteiger partial charge in [0.2, 0.25) is 0 Å². The standard InChI is InChI=1S/C28H33N3O6/c1-19-9-8-12-21(17-19)27(35)30-15-16-31(28(36)37-22-13-6-3-7-14-22)26(30)25(34)29-23(18-24(32)33)20-10-4-2-5-11-20/h3,6-9,12-14,17,20,23,26H,2,4-5,10-11,15-16,18H2,1H3,(H,29,34)(H,32,33). The van der Waals surface area contributed by atoms with Gasteiger partial charge in [0.1, 0.15) is 5.75 Å². The van der Waals surface area contributed by atoms with Crippen molar-refractivity contribution in [2.45, 2.75) is 57.7 Å². The van der Waals surface area contributed by atoms with Crippen molar-refractivity contribution >= 4 is 23.9 Å². The van der Waals surface area contributed by atoms with Crippen molar-refractivity contribution in [3.05, 3.63) is 65.7 Å². The molecule has 2 N–H and O–H groups in total. The molecule has 1 saturated carbocycles. The van der Waals surface area contributed by atoms with Gasteiger partial charge in [-0.25, -0.2) is 4.79 Å². The third kappa shape index (κ3) is 6.47. The molecule has 1 saturated heterocycles. The summed E-state index contributed by atoms with van der Waals surface area (Å²) < 4.78 is 5.49. The maximum Gasteiger partial charge on any atom is 0.417 e. The van der Waals surface area contributed by atoms with E-state index in [-0.39, 0.29) is 31.3 Å². The van der Waals surface area contributed by atoms with E-state index >= 15 is 0 Å². The second-order valence-electron chi connectivity index (χ2n) is 9.73. The molecule has 0 bridgehead atoms. The van der Waals surface area contributed by atoms with Crippen molar-refractivity contribution in [3.8, 4) is 5.75 Å². The lowest BCUT2D eigenvalue weighted by molar-refractivity contribution is -0.138. The van der Waals surface area contributed by atoms with E-state index in [0.717, 1.165) is 37.7 Å². The van der Waals surface area contributed by atoms with Gasteiger partial charge in [0, 0.05) is 24.7 Å². The fraction of sp³-hybridized carbons (Fsp3) is 0.429. The monoisotopic (exact) mass is 507 g/mol. The molecule has 1 aliphatic heterocycles. The Morgan fingerprint density at radius 2 is 1.68 bits per heavy atom. The maximum atomic E-state index is 13.7. The van der Waals surface area contributed by atoms with Crippen molar-refractivity contribution in [1.29, 1.82) is 0 Å². The van der Waals surface area contributed by atoms with Crippen molar-refractivity contribution in [3.63, 3.8) is 0 Å². The number of benzene rings is 2. The van der Waals surface area contributed by atoms with E-state index in [1.54, 1.807) is 48.5 Å². The Kier molecular flexibility index (Phi) is 8.43. The van der Waals surface area contributed by atoms with Crippen LogP contribution in [0.5, 0.6) is 5.75 Å². The van der Waals surface area contributed by atoms with Crippen molar-refractivity contribution < 1.29 is 29.0 Å². The van der Waals surface area contributed by atoms with E-state index in [1.165, 1.54) is 9.80 Å². The van der Waals surface area contributed by atoms with Crippen LogP contribution in [-0.4, -0.2) is 64.1 Å². The highest BCUT2D eigenvalue weighted by molar-refractivity contribution is 5.99. The molecule has 2 fully saturated rings. The van der Waals surface area contributed by atoms with Gasteiger partial charge in [-0.2, -0.15) is 0 Å². The predicted molar refractivity (Wildman–Crippen MR) is 136 cm³/mol. The average Bonchev–Trinajstić information content (AvgIpc) is 3.34. The summed E-state index contributed by atoms with van der Waals surface area (Å²) in [6, 6.07) is 15.0. The van der Waals surface area contributed by atoms with Gasteiger partial charge >= 0.3 is 12.1 Å². The number of aryl methyl sites for hydroxylation is 1. The fourth-order valence-corrected chi connectivity index (χ4v) is 5.22. The van der Waals surface area contributed by atoms with Gasteiger partial charge in [-0.15, -0.1) is 0 Å². The van der Waals surface area contributed by atoms with Crippen LogP contribution in [0.2, 0.25) is 0 Å². The highest BCUT2D eigenvalue weighted by Crippen LogP contribution is 2.29. The van der Waals surface area contributed by atoms with Gasteiger partial charge in [0.05, 0.1) is 6.42 Å². The van der Waals surface area contributed by atoms with Crippen molar-refractivity contribution in [2.24, 2.45) is 5.92 Å². The first-order chi connectivity index (χ1) is 17.8. The number of para-hydroxylation sites is 1. The van der Waals surface area contributed by atoms with E-state index in [0.29, 0.717) is 11.3 Å². The van der Waals surface area contributed by atoms with E-state index in [2.05, 4.69) is 5.32 Å². The molecule has 2 aliphatic rings. The molecule has 0 aromatic heterocycles. The number of hydrogen-bond donors (Lipinski definition) is 2. The molecule has 9 nitrogen and oxygen atoms in total. The third-order valence-electron chi connectivity index (χ3n) is 7.06. The minimum atomic E-state index is -1.26. The predicted octanol–water partition coefficient (Wildman–Crippen LogP) is 3.82. The van der Waals surface area contributed by atoms with Gasteiger partial charge in [-0.05, 0) is 49.9 Å². The number of carboxylic acids is 1. The molecule has 2 atom stereocenters. The first-order valence-corrected chi connectivity index (χ1v) is 12.8. The van der Waals surface area contributed by atoms with Crippen LogP contribution in [0.1, 0.15) is 54.4 Å². The lowest BCUT2D eigenvalue weighted by Gasteiger charge is -2.34. The Labute approximate surface area is 216 Å². The van der Waals surface area contributed by atoms with Crippen LogP contribution in [0.4, 0.5) is 4.79 Å². The molecule has 0 radical (unpaired) electrons. The highest BCUT2D eigenvalue weighted by atomic mass is 16.6. The Bertz CT molecular complexity index is 1130. The normalized spacial score (nSPS) is 18.8. The zero-order valence-electron chi connectivity index (χ0n) is 21.0. The number of nitrogens with zero attached hydrogens (tertiary/aromatic N) is 2. The Hall–Kier alpha value is -3.88. The van der Waals surface area contributed by atoms with E-state index in [1.807, 2.05) is 13.0 Å². The minimum absolute atomic E-state index is 0.0286. The first kappa shape index (κ1) is 26.2. The Balaban J connectivity index is 1.60. The topological polar surface area (TPSA) is 116 Å². The summed E-state index contributed by atoms with van der Waals surface area (Å²) in [6.45, 7) is 2.12. The second kappa shape index (κ2) is 11.9. The summed E-state index contributed by atoms with van der Waals surface area (Å²) in [5.74, 6) is -1.62. The van der Waals surface area contributed by atoms with Crippen LogP contribution in [0.3, 0.4) is 0 Å². The Morgan fingerprint density at radius 3 is 2.35 bits per heavy atom. The summed E-state index contributed by atoms with van der Waals surface area (Å²) in [5.41, 5.74) is 1.30. The van der Waals surface area contributed by atoms with Crippen LogP contribution in [0, 0.1) is 12.8 Å². The second-order valence-corrected chi connectivity index (χ2v) is 9.73. The number of ether oxygens (including phenoxy) is 1. The number of amides is 3. The van der Waals surface area contributed by atoms with Crippen LogP contribution in [0.15, 0.2) is 54.6 Å². The summed E-state index contributed by atoms with van der Waals surface area (Å²) in [7, 11) is 0. The quantitative estimate of drug-likeness (QED) is 0.589. The lowest BCUT2D eigenvalue weighted by Crippen LogP contribution is -2.57. The summed E-state index contributed by atoms with van der Waals surface area (Å²) in [6.07, 6.45) is 2.47. The minimum Gasteiger partial charge on any atom is -0.481 e. The first-order valence-electron chi connectivity index (χ1n) is 12.8. The Morgan fingerprint density at radius 1 is 0.973 bits per heavy atom. The summed E-state index contributed by atoms with van der Waals surface area (Å²) in [4.78, 5) is 54.5. The molecule has 0 spiro atoms. The average molecular weight is 508 g/mol. The number of rotatable bonds is 7. The summed E-state index contributed by atoms with van der Waals surface area (Å²) in [5, 5.41) is 12.4. The number of hydrogen-bond acceptors (Lipinski definition) is 5. The van der Waals surface area contributed by atoms with Gasteiger partial charge in [-0.3, -0.25) is 19.3 Å². The zero-order chi connectivity index (χ0) is 26.4. The maximum absolute atomic E-state index is 13.7. The van der Waals surface area contributed by atoms with E-state index in [9.17, 15) is 24.3 Å². The number of carbonyl (C=O) groups excluding carboxylic acids is 3. The molecular formula is C28H33N3O6. The number of carboxylic acid groups (broad SMARTS) is 1. The molecule has 1 aliphatic carbocycles. The third-order valence-corrected chi connectivity index (χ3v) is 7.06. The SMILES string of the molecule is Cc1cccc(C(=O)N2CCN(C(=O)Oc3ccccc3)C2C(=O)NC(CC(=O)O)C2CCCCC2)c1. The molecular weight excluding hydrogens is 474 g/mol. The molecule has 2 aromatic carbocycles. The summed E-state index contributed by atoms with van der Waals surface area (Å²) >= 11 is 0. The molecule has 1 heterocycles. The van der Waals surface area contributed by atoms with Gasteiger partial charge in [0.25, 0.3) is 11.8 Å². The molecule has 196 valence electrons. The van der Waals surface area contributed by atoms with Crippen LogP contribution < -0.4 is 10.1 Å². The highest BCUT2D eigenvalue weighted by Gasteiger charge is 2.45. The number of nitrogens with one attached hydrogen (secondary N) is 1. The zero-order valence-corrected chi connectivity index (χ0v) is 21.0. The van der Waals surface area contributed by atoms with Gasteiger partial charge in [-0.1, -0.05) is 55.2 Å². The molecule has 37 heavy (non-hydrogen) atoms. The van der Waals surface area contributed by atoms with Crippen molar-refractivity contribution in [2.75, 3.05) is 13.1 Å².